The minimum absolute atomic E-state index is 0.248. The number of hydrogen-bond acceptors (Lipinski definition) is 2. The van der Waals surface area contributed by atoms with Gasteiger partial charge in [0.15, 0.2) is 6.10 Å². The Kier molecular flexibility index (Phi) is 3.48. The number of carboxylic acid groups (broad SMARTS) is 1. The van der Waals surface area contributed by atoms with E-state index in [4.69, 9.17) is 10.2 Å². The molecule has 0 radical (unpaired) electrons. The van der Waals surface area contributed by atoms with Gasteiger partial charge in [0.2, 0.25) is 0 Å². The van der Waals surface area contributed by atoms with E-state index in [1.54, 1.807) is 0 Å². The quantitative estimate of drug-likeness (QED) is 0.792. The summed E-state index contributed by atoms with van der Waals surface area (Å²) in [5, 5.41) is 17.3. The summed E-state index contributed by atoms with van der Waals surface area (Å²) in [6, 6.07) is 0.609. The Hall–Kier alpha value is -1.63. The Morgan fingerprint density at radius 1 is 1.19 bits per heavy atom. The largest absolute Gasteiger partial charge is 0.479 e. The van der Waals surface area contributed by atoms with Gasteiger partial charge in [-0.2, -0.15) is 0 Å². The lowest BCUT2D eigenvalue weighted by atomic mass is 10.0. The molecule has 0 bridgehead atoms. The summed E-state index contributed by atoms with van der Waals surface area (Å²) >= 11 is 0. The van der Waals surface area contributed by atoms with Gasteiger partial charge in [-0.05, 0) is 12.1 Å². The maximum atomic E-state index is 13.2. The predicted octanol–water partition coefficient (Wildman–Crippen LogP) is 2.02. The fourth-order valence-electron chi connectivity index (χ4n) is 1.12. The normalized spacial score (nSPS) is 12.9. The maximum absolute atomic E-state index is 13.2. The van der Waals surface area contributed by atoms with E-state index in [1.807, 2.05) is 0 Å². The number of aliphatic carboxylic acids is 1. The van der Waals surface area contributed by atoms with Crippen molar-refractivity contribution in [2.75, 3.05) is 0 Å². The molecule has 1 aromatic rings. The van der Waals surface area contributed by atoms with Crippen LogP contribution in [0.15, 0.2) is 12.1 Å². The average Bonchev–Trinajstić information content (AvgIpc) is 2.19. The van der Waals surface area contributed by atoms with Crippen LogP contribution in [0.2, 0.25) is 0 Å². The van der Waals surface area contributed by atoms with E-state index in [0.717, 1.165) is 0 Å². The van der Waals surface area contributed by atoms with Crippen LogP contribution in [0.5, 0.6) is 0 Å². The zero-order valence-electron chi connectivity index (χ0n) is 7.62. The molecule has 7 heteroatoms. The molecule has 1 atom stereocenters. The van der Waals surface area contributed by atoms with Crippen molar-refractivity contribution in [2.45, 2.75) is 12.5 Å². The van der Waals surface area contributed by atoms with Gasteiger partial charge in [-0.3, -0.25) is 0 Å². The number of aliphatic hydroxyl groups is 1. The summed E-state index contributed by atoms with van der Waals surface area (Å²) in [6.07, 6.45) is -5.68. The Morgan fingerprint density at radius 2 is 1.69 bits per heavy atom. The molecule has 16 heavy (non-hydrogen) atoms. The molecular weight excluding hydrogens is 232 g/mol. The van der Waals surface area contributed by atoms with Gasteiger partial charge in [-0.1, -0.05) is 0 Å². The highest BCUT2D eigenvalue weighted by atomic mass is 19.3. The number of alkyl halides is 2. The highest BCUT2D eigenvalue weighted by Crippen LogP contribution is 2.28. The van der Waals surface area contributed by atoms with E-state index in [2.05, 4.69) is 0 Å². The van der Waals surface area contributed by atoms with Crippen LogP contribution in [0.25, 0.3) is 0 Å². The van der Waals surface area contributed by atoms with Crippen molar-refractivity contribution < 1.29 is 32.6 Å². The number of halogens is 4. The van der Waals surface area contributed by atoms with Gasteiger partial charge < -0.3 is 10.2 Å². The van der Waals surface area contributed by atoms with Crippen molar-refractivity contribution >= 4 is 5.97 Å². The van der Waals surface area contributed by atoms with Gasteiger partial charge in [0.25, 0.3) is 6.43 Å². The second-order valence-corrected chi connectivity index (χ2v) is 2.94. The maximum Gasteiger partial charge on any atom is 0.337 e. The summed E-state index contributed by atoms with van der Waals surface area (Å²) in [7, 11) is 0. The van der Waals surface area contributed by atoms with Gasteiger partial charge in [-0.15, -0.1) is 0 Å². The van der Waals surface area contributed by atoms with Crippen LogP contribution in [-0.4, -0.2) is 16.2 Å². The lowest BCUT2D eigenvalue weighted by Gasteiger charge is -2.10. The molecule has 0 saturated heterocycles. The van der Waals surface area contributed by atoms with Gasteiger partial charge >= 0.3 is 5.97 Å². The van der Waals surface area contributed by atoms with Crippen LogP contribution >= 0.6 is 0 Å². The third kappa shape index (κ3) is 2.30. The third-order valence-corrected chi connectivity index (χ3v) is 1.86. The Morgan fingerprint density at radius 3 is 2.12 bits per heavy atom. The van der Waals surface area contributed by atoms with E-state index in [9.17, 15) is 22.4 Å². The number of benzene rings is 1. The van der Waals surface area contributed by atoms with Crippen molar-refractivity contribution in [1.82, 2.24) is 0 Å². The fraction of sp³-hybridized carbons (Fsp3) is 0.222. The summed E-state index contributed by atoms with van der Waals surface area (Å²) in [5.74, 6) is -4.72. The molecule has 0 aliphatic carbocycles. The molecule has 2 N–H and O–H groups in total. The van der Waals surface area contributed by atoms with Gasteiger partial charge in [-0.25, -0.2) is 22.4 Å². The molecular formula is C9H6F4O3. The highest BCUT2D eigenvalue weighted by molar-refractivity contribution is 5.74. The summed E-state index contributed by atoms with van der Waals surface area (Å²) in [4.78, 5) is 10.3. The Bertz CT molecular complexity index is 419. The van der Waals surface area contributed by atoms with E-state index < -0.39 is 41.3 Å². The Balaban J connectivity index is 3.35. The monoisotopic (exact) mass is 238 g/mol. The first-order valence-corrected chi connectivity index (χ1v) is 4.02. The average molecular weight is 238 g/mol. The van der Waals surface area contributed by atoms with Crippen molar-refractivity contribution in [3.8, 4) is 0 Å². The number of carbonyl (C=O) groups is 1. The van der Waals surface area contributed by atoms with E-state index in [1.165, 1.54) is 0 Å². The standard InChI is InChI=1S/C9H6F4O3/c10-3-1-4(7(14)9(15)16)6(11)5(2-3)8(12)13/h1-2,7-8,14H,(H,15,16). The predicted molar refractivity (Wildman–Crippen MR) is 43.9 cm³/mol. The smallest absolute Gasteiger partial charge is 0.337 e. The van der Waals surface area contributed by atoms with E-state index in [0.29, 0.717) is 6.07 Å². The number of carboxylic acids is 1. The lowest BCUT2D eigenvalue weighted by molar-refractivity contribution is -0.147. The fourth-order valence-corrected chi connectivity index (χ4v) is 1.12. The molecule has 1 unspecified atom stereocenters. The van der Waals surface area contributed by atoms with Crippen LogP contribution < -0.4 is 0 Å². The van der Waals surface area contributed by atoms with Gasteiger partial charge in [0, 0.05) is 5.56 Å². The molecule has 0 amide bonds. The molecule has 0 saturated carbocycles. The highest BCUT2D eigenvalue weighted by Gasteiger charge is 2.26. The molecule has 0 spiro atoms. The molecule has 1 aromatic carbocycles. The molecule has 3 nitrogen and oxygen atoms in total. The molecule has 0 aliphatic rings. The van der Waals surface area contributed by atoms with Crippen LogP contribution in [0.3, 0.4) is 0 Å². The van der Waals surface area contributed by atoms with Crippen LogP contribution in [0, 0.1) is 11.6 Å². The zero-order valence-corrected chi connectivity index (χ0v) is 7.62. The lowest BCUT2D eigenvalue weighted by Crippen LogP contribution is -2.14. The van der Waals surface area contributed by atoms with E-state index >= 15 is 0 Å². The van der Waals surface area contributed by atoms with Gasteiger partial charge in [0.1, 0.15) is 11.6 Å². The zero-order chi connectivity index (χ0) is 12.5. The van der Waals surface area contributed by atoms with Crippen molar-refractivity contribution in [1.29, 1.82) is 0 Å². The van der Waals surface area contributed by atoms with Gasteiger partial charge in [0.05, 0.1) is 5.56 Å². The second kappa shape index (κ2) is 4.48. The summed E-state index contributed by atoms with van der Waals surface area (Å²) in [5.41, 5.74) is -2.31. The van der Waals surface area contributed by atoms with Crippen molar-refractivity contribution in [3.63, 3.8) is 0 Å². The molecule has 1 rings (SSSR count). The van der Waals surface area contributed by atoms with Crippen LogP contribution in [0.1, 0.15) is 23.7 Å². The first-order valence-electron chi connectivity index (χ1n) is 4.02. The minimum atomic E-state index is -3.30. The topological polar surface area (TPSA) is 57.5 Å². The minimum Gasteiger partial charge on any atom is -0.479 e. The van der Waals surface area contributed by atoms with E-state index in [-0.39, 0.29) is 6.07 Å². The van der Waals surface area contributed by atoms with Crippen LogP contribution in [-0.2, 0) is 4.79 Å². The molecule has 0 aliphatic heterocycles. The van der Waals surface area contributed by atoms with Crippen molar-refractivity contribution in [3.05, 3.63) is 34.9 Å². The molecule has 0 fully saturated rings. The van der Waals surface area contributed by atoms with Crippen molar-refractivity contribution in [2.24, 2.45) is 0 Å². The second-order valence-electron chi connectivity index (χ2n) is 2.94. The Labute approximate surface area is 86.9 Å². The third-order valence-electron chi connectivity index (χ3n) is 1.86. The molecule has 0 aromatic heterocycles. The number of hydrogen-bond donors (Lipinski definition) is 2. The number of rotatable bonds is 3. The molecule has 0 heterocycles. The summed E-state index contributed by atoms with van der Waals surface area (Å²) < 4.78 is 50.5. The van der Waals surface area contributed by atoms with Crippen LogP contribution in [0.4, 0.5) is 17.6 Å². The summed E-state index contributed by atoms with van der Waals surface area (Å²) in [6.45, 7) is 0. The first-order chi connectivity index (χ1) is 7.34. The SMILES string of the molecule is O=C(O)C(O)c1cc(F)cc(C(F)F)c1F. The first kappa shape index (κ1) is 12.4. The number of aliphatic hydroxyl groups excluding tert-OH is 1. The molecule has 88 valence electrons.